The molecule has 0 saturated heterocycles. The molecular weight excluding hydrogens is 432 g/mol. The van der Waals surface area contributed by atoms with Gasteiger partial charge in [0.1, 0.15) is 6.61 Å². The van der Waals surface area contributed by atoms with Gasteiger partial charge in [0.25, 0.3) is 0 Å². The Labute approximate surface area is 199 Å². The first-order chi connectivity index (χ1) is 16.4. The second-order valence-corrected chi connectivity index (χ2v) is 9.35. The molecule has 2 aliphatic carbocycles. The van der Waals surface area contributed by atoms with Crippen LogP contribution in [0.25, 0.3) is 11.1 Å². The molecule has 2 aromatic carbocycles. The smallest absolute Gasteiger partial charge is 0.407 e. The third kappa shape index (κ3) is 4.93. The van der Waals surface area contributed by atoms with Crippen molar-refractivity contribution in [1.29, 1.82) is 0 Å². The maximum Gasteiger partial charge on any atom is 0.407 e. The normalized spacial score (nSPS) is 16.9. The zero-order valence-corrected chi connectivity index (χ0v) is 19.5. The molecule has 0 spiro atoms. The first kappa shape index (κ1) is 23.8. The van der Waals surface area contributed by atoms with Crippen molar-refractivity contribution in [3.63, 3.8) is 0 Å². The van der Waals surface area contributed by atoms with Crippen LogP contribution in [0.4, 0.5) is 4.79 Å². The number of ether oxygens (including phenoxy) is 1. The topological polar surface area (TPSA) is 105 Å². The molecule has 2 aromatic rings. The van der Waals surface area contributed by atoms with Crippen LogP contribution in [0, 0.1) is 5.41 Å². The van der Waals surface area contributed by atoms with Gasteiger partial charge in [0.05, 0.1) is 5.41 Å². The number of carboxylic acids is 1. The standard InChI is InChI=1S/C27H32N2O5/c1-2-18(15-24(30)28-17-27(25(31)32)13-7-8-14-27)29-26(33)34-16-23-21-11-5-3-9-19(21)20-10-4-6-12-22(20)23/h3-6,9-12,18,23H,2,7-8,13-17H2,1H3,(H,28,30)(H,29,33)(H,31,32)/t18-/m1/s1. The predicted octanol–water partition coefficient (Wildman–Crippen LogP) is 4.46. The van der Waals surface area contributed by atoms with Crippen molar-refractivity contribution in [3.8, 4) is 11.1 Å². The van der Waals surface area contributed by atoms with Gasteiger partial charge < -0.3 is 20.5 Å². The van der Waals surface area contributed by atoms with Crippen molar-refractivity contribution in [1.82, 2.24) is 10.6 Å². The van der Waals surface area contributed by atoms with Gasteiger partial charge in [-0.25, -0.2) is 4.79 Å². The summed E-state index contributed by atoms with van der Waals surface area (Å²) in [4.78, 5) is 36.7. The highest BCUT2D eigenvalue weighted by Gasteiger charge is 2.41. The summed E-state index contributed by atoms with van der Waals surface area (Å²) >= 11 is 0. The number of carbonyl (C=O) groups is 3. The van der Waals surface area contributed by atoms with Gasteiger partial charge in [0.2, 0.25) is 5.91 Å². The molecule has 1 atom stereocenters. The molecule has 2 amide bonds. The number of carbonyl (C=O) groups excluding carboxylic acids is 2. The fourth-order valence-corrected chi connectivity index (χ4v) is 5.19. The lowest BCUT2D eigenvalue weighted by molar-refractivity contribution is -0.148. The largest absolute Gasteiger partial charge is 0.481 e. The second-order valence-electron chi connectivity index (χ2n) is 9.35. The molecule has 3 N–H and O–H groups in total. The highest BCUT2D eigenvalue weighted by molar-refractivity contribution is 5.81. The van der Waals surface area contributed by atoms with E-state index in [4.69, 9.17) is 4.74 Å². The second kappa shape index (κ2) is 10.3. The lowest BCUT2D eigenvalue weighted by atomic mass is 9.86. The molecule has 0 unspecified atom stereocenters. The van der Waals surface area contributed by atoms with Gasteiger partial charge in [-0.05, 0) is 41.5 Å². The summed E-state index contributed by atoms with van der Waals surface area (Å²) in [5.74, 6) is -1.15. The van der Waals surface area contributed by atoms with E-state index in [0.717, 1.165) is 35.1 Å². The van der Waals surface area contributed by atoms with E-state index in [-0.39, 0.29) is 37.4 Å². The zero-order valence-electron chi connectivity index (χ0n) is 19.5. The monoisotopic (exact) mass is 464 g/mol. The minimum Gasteiger partial charge on any atom is -0.481 e. The number of alkyl carbamates (subject to hydrolysis) is 1. The molecule has 34 heavy (non-hydrogen) atoms. The minimum absolute atomic E-state index is 0.0276. The van der Waals surface area contributed by atoms with Gasteiger partial charge >= 0.3 is 12.1 Å². The summed E-state index contributed by atoms with van der Waals surface area (Å²) < 4.78 is 5.58. The van der Waals surface area contributed by atoms with Crippen LogP contribution in [0.2, 0.25) is 0 Å². The Balaban J connectivity index is 1.29. The van der Waals surface area contributed by atoms with E-state index < -0.39 is 17.5 Å². The fourth-order valence-electron chi connectivity index (χ4n) is 5.19. The molecule has 0 radical (unpaired) electrons. The predicted molar refractivity (Wildman–Crippen MR) is 128 cm³/mol. The van der Waals surface area contributed by atoms with Crippen LogP contribution >= 0.6 is 0 Å². The van der Waals surface area contributed by atoms with Crippen LogP contribution in [0.15, 0.2) is 48.5 Å². The van der Waals surface area contributed by atoms with E-state index in [1.54, 1.807) is 0 Å². The molecule has 7 nitrogen and oxygen atoms in total. The number of hydrogen-bond acceptors (Lipinski definition) is 4. The first-order valence-corrected chi connectivity index (χ1v) is 12.0. The summed E-state index contributed by atoms with van der Waals surface area (Å²) in [6, 6.07) is 15.9. The molecule has 2 aliphatic rings. The highest BCUT2D eigenvalue weighted by Crippen LogP contribution is 2.44. The van der Waals surface area contributed by atoms with Gasteiger partial charge in [-0.3, -0.25) is 9.59 Å². The van der Waals surface area contributed by atoms with Gasteiger partial charge in [-0.15, -0.1) is 0 Å². The minimum atomic E-state index is -0.863. The summed E-state index contributed by atoms with van der Waals surface area (Å²) in [5.41, 5.74) is 3.75. The van der Waals surface area contributed by atoms with Crippen LogP contribution in [0.3, 0.4) is 0 Å². The lowest BCUT2D eigenvalue weighted by Crippen LogP contribution is -2.44. The van der Waals surface area contributed by atoms with E-state index >= 15 is 0 Å². The van der Waals surface area contributed by atoms with Crippen LogP contribution in [0.5, 0.6) is 0 Å². The quantitative estimate of drug-likeness (QED) is 0.508. The highest BCUT2D eigenvalue weighted by atomic mass is 16.5. The molecule has 1 fully saturated rings. The average molecular weight is 465 g/mol. The molecule has 0 aliphatic heterocycles. The summed E-state index contributed by atoms with van der Waals surface area (Å²) in [6.45, 7) is 2.23. The maximum absolute atomic E-state index is 12.5. The molecule has 4 rings (SSSR count). The molecule has 0 heterocycles. The van der Waals surface area contributed by atoms with Crippen molar-refractivity contribution in [2.24, 2.45) is 5.41 Å². The summed E-state index contributed by atoms with van der Waals surface area (Å²) in [7, 11) is 0. The van der Waals surface area contributed by atoms with Crippen LogP contribution in [-0.2, 0) is 14.3 Å². The summed E-state index contributed by atoms with van der Waals surface area (Å²) in [5, 5.41) is 15.1. The SMILES string of the molecule is CC[C@H](CC(=O)NCC1(C(=O)O)CCCC1)NC(=O)OCC1c2ccccc2-c2ccccc21. The Bertz CT molecular complexity index is 1010. The number of nitrogens with one attached hydrogen (secondary N) is 2. The summed E-state index contributed by atoms with van der Waals surface area (Å²) in [6.07, 6.45) is 2.97. The van der Waals surface area contributed by atoms with E-state index in [1.807, 2.05) is 31.2 Å². The van der Waals surface area contributed by atoms with Crippen molar-refractivity contribution in [2.75, 3.05) is 13.2 Å². The number of aliphatic carboxylic acids is 1. The Kier molecular flexibility index (Phi) is 7.20. The Morgan fingerprint density at radius 2 is 1.62 bits per heavy atom. The lowest BCUT2D eigenvalue weighted by Gasteiger charge is -2.24. The Morgan fingerprint density at radius 1 is 1.03 bits per heavy atom. The van der Waals surface area contributed by atoms with Gasteiger partial charge in [0, 0.05) is 24.9 Å². The Morgan fingerprint density at radius 3 is 2.18 bits per heavy atom. The molecule has 1 saturated carbocycles. The fraction of sp³-hybridized carbons (Fsp3) is 0.444. The van der Waals surface area contributed by atoms with Gasteiger partial charge in [0.15, 0.2) is 0 Å². The van der Waals surface area contributed by atoms with Crippen molar-refractivity contribution < 1.29 is 24.2 Å². The number of carboxylic acid groups (broad SMARTS) is 1. The van der Waals surface area contributed by atoms with E-state index in [9.17, 15) is 19.5 Å². The van der Waals surface area contributed by atoms with Crippen molar-refractivity contribution >= 4 is 18.0 Å². The van der Waals surface area contributed by atoms with E-state index in [2.05, 4.69) is 34.9 Å². The zero-order chi connectivity index (χ0) is 24.1. The third-order valence-electron chi connectivity index (χ3n) is 7.23. The van der Waals surface area contributed by atoms with Gasteiger partial charge in [-0.2, -0.15) is 0 Å². The first-order valence-electron chi connectivity index (χ1n) is 12.0. The van der Waals surface area contributed by atoms with E-state index in [1.165, 1.54) is 0 Å². The molecular formula is C27H32N2O5. The maximum atomic E-state index is 12.5. The molecule has 0 aromatic heterocycles. The van der Waals surface area contributed by atoms with Crippen molar-refractivity contribution in [3.05, 3.63) is 59.7 Å². The van der Waals surface area contributed by atoms with Crippen LogP contribution in [-0.4, -0.2) is 42.3 Å². The number of benzene rings is 2. The number of fused-ring (bicyclic) bond motifs is 3. The number of amides is 2. The van der Waals surface area contributed by atoms with Crippen molar-refractivity contribution in [2.45, 2.75) is 57.4 Å². The number of rotatable bonds is 9. The Hall–Kier alpha value is -3.35. The van der Waals surface area contributed by atoms with Gasteiger partial charge in [-0.1, -0.05) is 68.3 Å². The molecule has 180 valence electrons. The van der Waals surface area contributed by atoms with Crippen LogP contribution in [0.1, 0.15) is 62.5 Å². The number of hydrogen-bond donors (Lipinski definition) is 3. The third-order valence-corrected chi connectivity index (χ3v) is 7.23. The van der Waals surface area contributed by atoms with Crippen LogP contribution < -0.4 is 10.6 Å². The molecule has 7 heteroatoms. The molecule has 0 bridgehead atoms. The van der Waals surface area contributed by atoms with E-state index in [0.29, 0.717) is 19.3 Å². The average Bonchev–Trinajstić information content (AvgIpc) is 3.45.